The van der Waals surface area contributed by atoms with Crippen LogP contribution in [0.5, 0.6) is 0 Å². The number of allylic oxidation sites excluding steroid dienone is 8. The summed E-state index contributed by atoms with van der Waals surface area (Å²) in [7, 11) is 8.20. The molecule has 0 aliphatic carbocycles. The average Bonchev–Trinajstić information content (AvgIpc) is 2.97. The number of anilines is 2. The second kappa shape index (κ2) is 14.3. The van der Waals surface area contributed by atoms with Gasteiger partial charge in [-0.15, -0.1) is 0 Å². The molecule has 3 aromatic carbocycles. The van der Waals surface area contributed by atoms with Gasteiger partial charge in [-0.3, -0.25) is 0 Å². The molecule has 1 heterocycles. The molecule has 4 aromatic rings. The summed E-state index contributed by atoms with van der Waals surface area (Å²) in [6.07, 6.45) is 24.8. The molecule has 0 N–H and O–H groups in total. The Morgan fingerprint density at radius 3 is 1.50 bits per heavy atom. The minimum absolute atomic E-state index is 0.927. The maximum absolute atomic E-state index is 4.82. The second-order valence-corrected chi connectivity index (χ2v) is 9.83. The number of benzene rings is 3. The van der Waals surface area contributed by atoms with Crippen molar-refractivity contribution < 1.29 is 0 Å². The van der Waals surface area contributed by atoms with Crippen molar-refractivity contribution in [2.75, 3.05) is 38.0 Å². The van der Waals surface area contributed by atoms with Gasteiger partial charge in [0, 0.05) is 45.0 Å². The normalized spacial score (nSPS) is 12.4. The van der Waals surface area contributed by atoms with E-state index in [1.54, 1.807) is 0 Å². The van der Waals surface area contributed by atoms with Gasteiger partial charge in [0.2, 0.25) is 0 Å². The number of fused-ring (bicyclic) bond motifs is 1. The third kappa shape index (κ3) is 8.31. The van der Waals surface area contributed by atoms with E-state index >= 15 is 0 Å². The Morgan fingerprint density at radius 2 is 0.975 bits per heavy atom. The Labute approximate surface area is 239 Å². The van der Waals surface area contributed by atoms with Crippen molar-refractivity contribution in [2.24, 2.45) is 0 Å². The van der Waals surface area contributed by atoms with Crippen molar-refractivity contribution in [1.82, 2.24) is 4.98 Å². The quantitative estimate of drug-likeness (QED) is 0.193. The molecule has 3 nitrogen and oxygen atoms in total. The lowest BCUT2D eigenvalue weighted by molar-refractivity contribution is 1.13. The highest BCUT2D eigenvalue weighted by Gasteiger charge is 2.01. The zero-order valence-corrected chi connectivity index (χ0v) is 23.8. The topological polar surface area (TPSA) is 19.4 Å². The molecule has 4 rings (SSSR count). The van der Waals surface area contributed by atoms with Crippen molar-refractivity contribution in [3.05, 3.63) is 150 Å². The third-order valence-corrected chi connectivity index (χ3v) is 6.37. The van der Waals surface area contributed by atoms with Crippen LogP contribution in [0.1, 0.15) is 22.4 Å². The molecule has 0 atom stereocenters. The molecule has 1 aromatic heterocycles. The van der Waals surface area contributed by atoms with Crippen LogP contribution in [-0.4, -0.2) is 33.2 Å². The second-order valence-electron chi connectivity index (χ2n) is 9.83. The van der Waals surface area contributed by atoms with Gasteiger partial charge in [-0.25, -0.2) is 4.98 Å². The summed E-state index contributed by atoms with van der Waals surface area (Å²) >= 11 is 0. The molecule has 3 heteroatoms. The smallest absolute Gasteiger partial charge is 0.0715 e. The van der Waals surface area contributed by atoms with Gasteiger partial charge >= 0.3 is 0 Å². The van der Waals surface area contributed by atoms with E-state index < -0.39 is 0 Å². The van der Waals surface area contributed by atoms with E-state index in [1.807, 2.05) is 44.5 Å². The molecule has 0 fully saturated rings. The zero-order chi connectivity index (χ0) is 28.2. The predicted molar refractivity (Wildman–Crippen MR) is 178 cm³/mol. The van der Waals surface area contributed by atoms with Crippen LogP contribution < -0.4 is 9.80 Å². The maximum atomic E-state index is 4.82. The minimum atomic E-state index is 0.927. The highest BCUT2D eigenvalue weighted by Crippen LogP contribution is 2.21. The fourth-order valence-electron chi connectivity index (χ4n) is 4.12. The van der Waals surface area contributed by atoms with Gasteiger partial charge in [-0.2, -0.15) is 0 Å². The molecule has 40 heavy (non-hydrogen) atoms. The first kappa shape index (κ1) is 28.1. The van der Waals surface area contributed by atoms with E-state index in [0.717, 1.165) is 22.2 Å². The van der Waals surface area contributed by atoms with E-state index in [1.165, 1.54) is 22.5 Å². The Hall–Kier alpha value is -4.89. The van der Waals surface area contributed by atoms with Crippen LogP contribution in [0.15, 0.2) is 127 Å². The SMILES string of the molecule is CN(C)c1ccc(C=CC=CC=Cc2cc(C=CC=CC=Cc3ccc(N(C)C)cc3)c3ccccc3n2)cc1. The van der Waals surface area contributed by atoms with Crippen molar-refractivity contribution in [1.29, 1.82) is 0 Å². The standard InChI is InChI=1S/C37H37N3/c1-39(2)34-25-21-30(22-26-34)15-9-5-7-11-17-32-29-33(38-37-20-14-13-19-36(32)37)18-12-8-6-10-16-31-23-27-35(28-24-31)40(3)4/h5-29H,1-4H3. The molecular formula is C37H37N3. The van der Waals surface area contributed by atoms with Gasteiger partial charge in [-0.05, 0) is 59.2 Å². The number of hydrogen-bond donors (Lipinski definition) is 0. The Morgan fingerprint density at radius 1 is 0.500 bits per heavy atom. The van der Waals surface area contributed by atoms with Crippen molar-refractivity contribution >= 4 is 46.6 Å². The summed E-state index contributed by atoms with van der Waals surface area (Å²) < 4.78 is 0. The maximum Gasteiger partial charge on any atom is 0.0715 e. The van der Waals surface area contributed by atoms with Crippen molar-refractivity contribution in [2.45, 2.75) is 0 Å². The number of pyridine rings is 1. The van der Waals surface area contributed by atoms with Crippen LogP contribution in [0.2, 0.25) is 0 Å². The van der Waals surface area contributed by atoms with Gasteiger partial charge in [-0.1, -0.05) is 109 Å². The van der Waals surface area contributed by atoms with E-state index in [2.05, 4.69) is 145 Å². The molecular weight excluding hydrogens is 486 g/mol. The molecule has 0 aliphatic heterocycles. The number of hydrogen-bond acceptors (Lipinski definition) is 3. The van der Waals surface area contributed by atoms with Gasteiger partial charge in [0.05, 0.1) is 11.2 Å². The molecule has 0 bridgehead atoms. The summed E-state index contributed by atoms with van der Waals surface area (Å²) in [6, 6.07) is 27.4. The lowest BCUT2D eigenvalue weighted by Crippen LogP contribution is -2.07. The Bertz CT molecular complexity index is 1560. The van der Waals surface area contributed by atoms with Crippen LogP contribution in [0.4, 0.5) is 11.4 Å². The molecule has 0 saturated heterocycles. The minimum Gasteiger partial charge on any atom is -0.378 e. The molecule has 0 radical (unpaired) electrons. The van der Waals surface area contributed by atoms with Crippen LogP contribution in [0, 0.1) is 0 Å². The van der Waals surface area contributed by atoms with Crippen molar-refractivity contribution in [3.63, 3.8) is 0 Å². The average molecular weight is 524 g/mol. The molecule has 0 spiro atoms. The van der Waals surface area contributed by atoms with E-state index in [4.69, 9.17) is 4.98 Å². The van der Waals surface area contributed by atoms with Gasteiger partial charge in [0.1, 0.15) is 0 Å². The first-order chi connectivity index (χ1) is 19.5. The number of aromatic nitrogens is 1. The first-order valence-corrected chi connectivity index (χ1v) is 13.5. The summed E-state index contributed by atoms with van der Waals surface area (Å²) in [5.74, 6) is 0. The predicted octanol–water partition coefficient (Wildman–Crippen LogP) is 8.93. The van der Waals surface area contributed by atoms with Crippen LogP contribution in [0.3, 0.4) is 0 Å². The van der Waals surface area contributed by atoms with Gasteiger partial charge in [0.15, 0.2) is 0 Å². The number of nitrogens with zero attached hydrogens (tertiary/aromatic N) is 3. The summed E-state index contributed by atoms with van der Waals surface area (Å²) in [4.78, 5) is 9.02. The van der Waals surface area contributed by atoms with Gasteiger partial charge in [0.25, 0.3) is 0 Å². The van der Waals surface area contributed by atoms with Crippen LogP contribution in [0.25, 0.3) is 35.2 Å². The molecule has 0 unspecified atom stereocenters. The van der Waals surface area contributed by atoms with E-state index in [-0.39, 0.29) is 0 Å². The summed E-state index contributed by atoms with van der Waals surface area (Å²) in [6.45, 7) is 0. The Balaban J connectivity index is 1.39. The van der Waals surface area contributed by atoms with Crippen LogP contribution >= 0.6 is 0 Å². The summed E-state index contributed by atoms with van der Waals surface area (Å²) in [5.41, 5.74) is 7.81. The van der Waals surface area contributed by atoms with E-state index in [9.17, 15) is 0 Å². The highest BCUT2D eigenvalue weighted by molar-refractivity contribution is 5.89. The fraction of sp³-hybridized carbons (Fsp3) is 0.108. The summed E-state index contributed by atoms with van der Waals surface area (Å²) in [5, 5.41) is 1.14. The van der Waals surface area contributed by atoms with Gasteiger partial charge < -0.3 is 9.80 Å². The van der Waals surface area contributed by atoms with Crippen molar-refractivity contribution in [3.8, 4) is 0 Å². The number of para-hydroxylation sites is 1. The highest BCUT2D eigenvalue weighted by atomic mass is 15.1. The molecule has 0 aliphatic rings. The third-order valence-electron chi connectivity index (χ3n) is 6.37. The monoisotopic (exact) mass is 523 g/mol. The Kier molecular flexibility index (Phi) is 10.1. The molecule has 0 saturated carbocycles. The largest absolute Gasteiger partial charge is 0.378 e. The fourth-order valence-corrected chi connectivity index (χ4v) is 4.12. The van der Waals surface area contributed by atoms with Crippen LogP contribution in [-0.2, 0) is 0 Å². The van der Waals surface area contributed by atoms with E-state index in [0.29, 0.717) is 0 Å². The molecule has 200 valence electrons. The lowest BCUT2D eigenvalue weighted by Gasteiger charge is -2.11. The lowest BCUT2D eigenvalue weighted by atomic mass is 10.1. The number of rotatable bonds is 10. The zero-order valence-electron chi connectivity index (χ0n) is 23.8. The molecule has 0 amide bonds. The first-order valence-electron chi connectivity index (χ1n) is 13.5.